The highest BCUT2D eigenvalue weighted by Crippen LogP contribution is 2.17. The fourth-order valence-corrected chi connectivity index (χ4v) is 2.60. The van der Waals surface area contributed by atoms with E-state index in [0.29, 0.717) is 13.1 Å². The molecule has 2 aromatic rings. The summed E-state index contributed by atoms with van der Waals surface area (Å²) in [5, 5.41) is 19.5. The van der Waals surface area contributed by atoms with Gasteiger partial charge in [0, 0.05) is 18.8 Å². The second-order valence-corrected chi connectivity index (χ2v) is 5.79. The second-order valence-electron chi connectivity index (χ2n) is 5.79. The van der Waals surface area contributed by atoms with Crippen LogP contribution in [0.25, 0.3) is 0 Å². The summed E-state index contributed by atoms with van der Waals surface area (Å²) < 4.78 is 5.71. The Morgan fingerprint density at radius 2 is 1.67 bits per heavy atom. The second kappa shape index (κ2) is 10.2. The van der Waals surface area contributed by atoms with Crippen LogP contribution in [0.2, 0.25) is 0 Å². The van der Waals surface area contributed by atoms with Crippen LogP contribution in [0.15, 0.2) is 48.5 Å². The Morgan fingerprint density at radius 1 is 1.04 bits per heavy atom. The minimum absolute atomic E-state index is 0. The summed E-state index contributed by atoms with van der Waals surface area (Å²) >= 11 is 0. The topological polar surface area (TPSA) is 52.9 Å². The average Bonchev–Trinajstić information content (AvgIpc) is 2.52. The molecule has 24 heavy (non-hydrogen) atoms. The van der Waals surface area contributed by atoms with Gasteiger partial charge in [-0.1, -0.05) is 24.3 Å². The van der Waals surface area contributed by atoms with Gasteiger partial charge in [0.25, 0.3) is 0 Å². The molecule has 0 saturated heterocycles. The van der Waals surface area contributed by atoms with Crippen LogP contribution in [0.5, 0.6) is 5.75 Å². The van der Waals surface area contributed by atoms with Crippen molar-refractivity contribution in [2.24, 2.45) is 0 Å². The normalized spacial score (nSPS) is 11.5. The molecule has 132 valence electrons. The Morgan fingerprint density at radius 3 is 2.25 bits per heavy atom. The maximum Gasteiger partial charge on any atom is 0.119 e. The number of aliphatic hydroxyl groups is 2. The van der Waals surface area contributed by atoms with Crippen molar-refractivity contribution >= 4 is 18.1 Å². The van der Waals surface area contributed by atoms with Crippen molar-refractivity contribution in [3.8, 4) is 5.75 Å². The van der Waals surface area contributed by atoms with Crippen LogP contribution < -0.4 is 9.64 Å². The number of rotatable bonds is 8. The third-order valence-electron chi connectivity index (χ3n) is 3.56. The summed E-state index contributed by atoms with van der Waals surface area (Å²) in [6.07, 6.45) is -0.637. The third kappa shape index (κ3) is 6.40. The molecule has 1 unspecified atom stereocenters. The highest BCUT2D eigenvalue weighted by Gasteiger charge is 2.13. The standard InChI is InChI=1S/C19H25NO3.ClH/c1-15-10-16(2)12-19(11-15)23-14-18(22)13-20(8-9-21)17-6-4-3-5-7-17;/h3-7,10-12,18,21-22H,8-9,13-14H2,1-2H3;1H. The first-order valence-electron chi connectivity index (χ1n) is 7.88. The van der Waals surface area contributed by atoms with Crippen LogP contribution in [-0.2, 0) is 0 Å². The van der Waals surface area contributed by atoms with E-state index in [1.807, 2.05) is 61.2 Å². The zero-order valence-corrected chi connectivity index (χ0v) is 15.0. The number of hydrogen-bond donors (Lipinski definition) is 2. The van der Waals surface area contributed by atoms with Crippen LogP contribution in [0, 0.1) is 13.8 Å². The van der Waals surface area contributed by atoms with E-state index in [1.165, 1.54) is 0 Å². The van der Waals surface area contributed by atoms with E-state index in [0.717, 1.165) is 22.6 Å². The first-order valence-corrected chi connectivity index (χ1v) is 7.88. The molecule has 0 radical (unpaired) electrons. The molecule has 0 amide bonds. The van der Waals surface area contributed by atoms with Crippen LogP contribution >= 0.6 is 12.4 Å². The summed E-state index contributed by atoms with van der Waals surface area (Å²) in [6.45, 7) is 5.19. The van der Waals surface area contributed by atoms with Crippen LogP contribution in [0.3, 0.4) is 0 Å². The van der Waals surface area contributed by atoms with Gasteiger partial charge in [0.1, 0.15) is 18.5 Å². The van der Waals surface area contributed by atoms with E-state index in [-0.39, 0.29) is 25.6 Å². The Kier molecular flexibility index (Phi) is 8.61. The van der Waals surface area contributed by atoms with Gasteiger partial charge >= 0.3 is 0 Å². The van der Waals surface area contributed by atoms with E-state index < -0.39 is 6.10 Å². The van der Waals surface area contributed by atoms with Gasteiger partial charge in [-0.05, 0) is 49.2 Å². The van der Waals surface area contributed by atoms with Crippen molar-refractivity contribution in [3.63, 3.8) is 0 Å². The number of aliphatic hydroxyl groups excluding tert-OH is 2. The average molecular weight is 352 g/mol. The fraction of sp³-hybridized carbons (Fsp3) is 0.368. The lowest BCUT2D eigenvalue weighted by molar-refractivity contribution is 0.111. The number of nitrogens with zero attached hydrogens (tertiary/aromatic N) is 1. The first kappa shape index (κ1) is 20.3. The molecule has 0 fully saturated rings. The van der Waals surface area contributed by atoms with Crippen molar-refractivity contribution in [1.29, 1.82) is 0 Å². The van der Waals surface area contributed by atoms with Gasteiger partial charge in [-0.3, -0.25) is 0 Å². The van der Waals surface area contributed by atoms with Crippen molar-refractivity contribution in [3.05, 3.63) is 59.7 Å². The Hall–Kier alpha value is -1.75. The van der Waals surface area contributed by atoms with Gasteiger partial charge in [0.15, 0.2) is 0 Å². The van der Waals surface area contributed by atoms with E-state index in [4.69, 9.17) is 4.74 Å². The lowest BCUT2D eigenvalue weighted by Crippen LogP contribution is -2.37. The molecule has 2 aromatic carbocycles. The van der Waals surface area contributed by atoms with E-state index in [9.17, 15) is 10.2 Å². The smallest absolute Gasteiger partial charge is 0.119 e. The molecule has 2 rings (SSSR count). The SMILES string of the molecule is Cc1cc(C)cc(OCC(O)CN(CCO)c2ccccc2)c1.Cl. The zero-order chi connectivity index (χ0) is 16.7. The molecule has 1 atom stereocenters. The molecule has 0 aliphatic carbocycles. The van der Waals surface area contributed by atoms with Crippen LogP contribution in [0.4, 0.5) is 5.69 Å². The Bertz CT molecular complexity index is 587. The van der Waals surface area contributed by atoms with Crippen molar-refractivity contribution < 1.29 is 14.9 Å². The van der Waals surface area contributed by atoms with Gasteiger partial charge in [-0.2, -0.15) is 0 Å². The molecule has 0 aromatic heterocycles. The molecule has 4 nitrogen and oxygen atoms in total. The highest BCUT2D eigenvalue weighted by atomic mass is 35.5. The molecule has 2 N–H and O–H groups in total. The van der Waals surface area contributed by atoms with Crippen molar-refractivity contribution in [1.82, 2.24) is 0 Å². The number of benzene rings is 2. The van der Waals surface area contributed by atoms with Crippen LogP contribution in [-0.4, -0.2) is 42.6 Å². The molecule has 0 aliphatic heterocycles. The Balaban J connectivity index is 0.00000288. The summed E-state index contributed by atoms with van der Waals surface area (Å²) in [5.74, 6) is 0.773. The number of para-hydroxylation sites is 1. The molecule has 0 heterocycles. The Labute approximate surface area is 150 Å². The molecular formula is C19H26ClNO3. The molecule has 0 aliphatic rings. The molecular weight excluding hydrogens is 326 g/mol. The third-order valence-corrected chi connectivity index (χ3v) is 3.56. The minimum Gasteiger partial charge on any atom is -0.491 e. The summed E-state index contributed by atoms with van der Waals surface area (Å²) in [7, 11) is 0. The van der Waals surface area contributed by atoms with Gasteiger partial charge < -0.3 is 19.8 Å². The zero-order valence-electron chi connectivity index (χ0n) is 14.2. The van der Waals surface area contributed by atoms with Gasteiger partial charge in [-0.25, -0.2) is 0 Å². The largest absolute Gasteiger partial charge is 0.491 e. The molecule has 0 bridgehead atoms. The molecule has 0 spiro atoms. The van der Waals surface area contributed by atoms with Crippen molar-refractivity contribution in [2.45, 2.75) is 20.0 Å². The lowest BCUT2D eigenvalue weighted by atomic mass is 10.1. The number of anilines is 1. The summed E-state index contributed by atoms with van der Waals surface area (Å²) in [4.78, 5) is 1.95. The van der Waals surface area contributed by atoms with Gasteiger partial charge in [0.05, 0.1) is 6.61 Å². The predicted molar refractivity (Wildman–Crippen MR) is 100 cm³/mol. The van der Waals surface area contributed by atoms with E-state index in [2.05, 4.69) is 6.07 Å². The molecule has 0 saturated carbocycles. The number of ether oxygens (including phenoxy) is 1. The predicted octanol–water partition coefficient (Wildman–Crippen LogP) is 2.96. The first-order chi connectivity index (χ1) is 11.1. The number of halogens is 1. The number of aryl methyl sites for hydroxylation is 2. The van der Waals surface area contributed by atoms with E-state index in [1.54, 1.807) is 0 Å². The fourth-order valence-electron chi connectivity index (χ4n) is 2.60. The van der Waals surface area contributed by atoms with Gasteiger partial charge in [0.2, 0.25) is 0 Å². The number of hydrogen-bond acceptors (Lipinski definition) is 4. The maximum atomic E-state index is 10.3. The van der Waals surface area contributed by atoms with Crippen LogP contribution in [0.1, 0.15) is 11.1 Å². The lowest BCUT2D eigenvalue weighted by Gasteiger charge is -2.26. The molecule has 5 heteroatoms. The van der Waals surface area contributed by atoms with Gasteiger partial charge in [-0.15, -0.1) is 12.4 Å². The van der Waals surface area contributed by atoms with E-state index >= 15 is 0 Å². The quantitative estimate of drug-likeness (QED) is 0.767. The minimum atomic E-state index is -0.637. The summed E-state index contributed by atoms with van der Waals surface area (Å²) in [6, 6.07) is 15.8. The monoisotopic (exact) mass is 351 g/mol. The van der Waals surface area contributed by atoms with Crippen molar-refractivity contribution in [2.75, 3.05) is 31.2 Å². The highest BCUT2D eigenvalue weighted by molar-refractivity contribution is 5.85. The maximum absolute atomic E-state index is 10.3. The summed E-state index contributed by atoms with van der Waals surface area (Å²) in [5.41, 5.74) is 3.26.